The van der Waals surface area contributed by atoms with Gasteiger partial charge in [0.2, 0.25) is 5.91 Å². The van der Waals surface area contributed by atoms with Crippen molar-refractivity contribution in [1.82, 2.24) is 16.0 Å². The second kappa shape index (κ2) is 12.0. The molecule has 1 aliphatic carbocycles. The molecule has 0 heterocycles. The first-order chi connectivity index (χ1) is 9.65. The Morgan fingerprint density at radius 1 is 1.33 bits per heavy atom. The van der Waals surface area contributed by atoms with Crippen LogP contribution in [0.25, 0.3) is 0 Å². The normalized spacial score (nSPS) is 17.6. The molecule has 124 valence electrons. The van der Waals surface area contributed by atoms with Gasteiger partial charge < -0.3 is 20.7 Å². The Bertz CT molecular complexity index is 320. The van der Waals surface area contributed by atoms with Crippen molar-refractivity contribution >= 4 is 35.8 Å². The average Bonchev–Trinajstić information content (AvgIpc) is 2.44. The number of methoxy groups -OCH3 is 1. The zero-order chi connectivity index (χ0) is 14.8. The lowest BCUT2D eigenvalue weighted by Crippen LogP contribution is -2.48. The topological polar surface area (TPSA) is 74.8 Å². The smallest absolute Gasteiger partial charge is 0.239 e. The molecule has 0 aromatic rings. The molecule has 0 aromatic carbocycles. The monoisotopic (exact) mass is 412 g/mol. The van der Waals surface area contributed by atoms with Crippen LogP contribution in [0.5, 0.6) is 0 Å². The Hall–Kier alpha value is -0.570. The van der Waals surface area contributed by atoms with E-state index in [1.165, 1.54) is 19.3 Å². The van der Waals surface area contributed by atoms with Crippen molar-refractivity contribution in [2.75, 3.05) is 27.3 Å². The van der Waals surface area contributed by atoms with E-state index >= 15 is 0 Å². The summed E-state index contributed by atoms with van der Waals surface area (Å²) in [4.78, 5) is 15.9. The number of carbonyl (C=O) groups is 1. The maximum atomic E-state index is 11.9. The number of hydrogen-bond donors (Lipinski definition) is 3. The minimum atomic E-state index is 0. The van der Waals surface area contributed by atoms with E-state index in [4.69, 9.17) is 4.74 Å². The molecule has 1 fully saturated rings. The van der Waals surface area contributed by atoms with Crippen LogP contribution >= 0.6 is 24.0 Å². The van der Waals surface area contributed by atoms with Crippen LogP contribution in [0, 0.1) is 0 Å². The van der Waals surface area contributed by atoms with Crippen LogP contribution in [-0.2, 0) is 9.53 Å². The molecule has 0 aromatic heterocycles. The molecule has 1 atom stereocenters. The number of hydrogen-bond acceptors (Lipinski definition) is 3. The first-order valence-corrected chi connectivity index (χ1v) is 7.41. The summed E-state index contributed by atoms with van der Waals surface area (Å²) in [6.45, 7) is 2.84. The molecule has 1 saturated carbocycles. The zero-order valence-electron chi connectivity index (χ0n) is 13.3. The zero-order valence-corrected chi connectivity index (χ0v) is 15.6. The molecular formula is C14H29IN4O2. The highest BCUT2D eigenvalue weighted by molar-refractivity contribution is 14.0. The summed E-state index contributed by atoms with van der Waals surface area (Å²) < 4.78 is 5.05. The predicted molar refractivity (Wildman–Crippen MR) is 96.3 cm³/mol. The van der Waals surface area contributed by atoms with Gasteiger partial charge in [-0.2, -0.15) is 0 Å². The highest BCUT2D eigenvalue weighted by atomic mass is 127. The van der Waals surface area contributed by atoms with Gasteiger partial charge in [-0.1, -0.05) is 19.3 Å². The van der Waals surface area contributed by atoms with Gasteiger partial charge in [-0.05, 0) is 19.8 Å². The van der Waals surface area contributed by atoms with Gasteiger partial charge in [0, 0.05) is 26.2 Å². The van der Waals surface area contributed by atoms with E-state index in [1.807, 2.05) is 6.92 Å². The fraction of sp³-hybridized carbons (Fsp3) is 0.857. The van der Waals surface area contributed by atoms with Gasteiger partial charge in [0.1, 0.15) is 0 Å². The van der Waals surface area contributed by atoms with Crippen molar-refractivity contribution in [1.29, 1.82) is 0 Å². The van der Waals surface area contributed by atoms with E-state index in [-0.39, 0.29) is 42.5 Å². The van der Waals surface area contributed by atoms with Gasteiger partial charge >= 0.3 is 0 Å². The van der Waals surface area contributed by atoms with Gasteiger partial charge in [0.25, 0.3) is 0 Å². The maximum absolute atomic E-state index is 11.9. The number of ether oxygens (including phenoxy) is 1. The summed E-state index contributed by atoms with van der Waals surface area (Å²) in [5.41, 5.74) is 0. The number of nitrogens with zero attached hydrogens (tertiary/aromatic N) is 1. The molecule has 0 radical (unpaired) electrons. The van der Waals surface area contributed by atoms with Crippen molar-refractivity contribution in [2.24, 2.45) is 4.99 Å². The fourth-order valence-electron chi connectivity index (χ4n) is 2.41. The molecular weight excluding hydrogens is 383 g/mol. The highest BCUT2D eigenvalue weighted by Crippen LogP contribution is 2.16. The Balaban J connectivity index is 0.00000400. The minimum Gasteiger partial charge on any atom is -0.383 e. The van der Waals surface area contributed by atoms with E-state index in [2.05, 4.69) is 20.9 Å². The van der Waals surface area contributed by atoms with Crippen molar-refractivity contribution in [3.05, 3.63) is 0 Å². The highest BCUT2D eigenvalue weighted by Gasteiger charge is 2.15. The number of carbonyl (C=O) groups excluding carboxylic acids is 1. The maximum Gasteiger partial charge on any atom is 0.239 e. The quantitative estimate of drug-likeness (QED) is 0.349. The molecule has 6 nitrogen and oxygen atoms in total. The summed E-state index contributed by atoms with van der Waals surface area (Å²) in [5.74, 6) is 0.646. The van der Waals surface area contributed by atoms with Crippen molar-refractivity contribution in [2.45, 2.75) is 51.1 Å². The molecule has 0 aliphatic heterocycles. The van der Waals surface area contributed by atoms with Gasteiger partial charge in [-0.3, -0.25) is 9.79 Å². The third kappa shape index (κ3) is 9.13. The Labute approximate surface area is 144 Å². The molecule has 0 saturated heterocycles. The van der Waals surface area contributed by atoms with Crippen molar-refractivity contribution < 1.29 is 9.53 Å². The van der Waals surface area contributed by atoms with Gasteiger partial charge in [0.05, 0.1) is 13.2 Å². The van der Waals surface area contributed by atoms with Crippen molar-refractivity contribution in [3.8, 4) is 0 Å². The molecule has 3 N–H and O–H groups in total. The first kappa shape index (κ1) is 20.4. The second-order valence-corrected chi connectivity index (χ2v) is 5.33. The number of aliphatic imine (C=N–C) groups is 1. The van der Waals surface area contributed by atoms with Crippen molar-refractivity contribution in [3.63, 3.8) is 0 Å². The van der Waals surface area contributed by atoms with Crippen LogP contribution < -0.4 is 16.0 Å². The van der Waals surface area contributed by atoms with Gasteiger partial charge in [-0.25, -0.2) is 0 Å². The fourth-order valence-corrected chi connectivity index (χ4v) is 2.41. The lowest BCUT2D eigenvalue weighted by molar-refractivity contribution is -0.120. The first-order valence-electron chi connectivity index (χ1n) is 7.41. The number of halogens is 1. The SMILES string of the molecule is CN=C(NCC(=O)NC1CCCCC1)NC(C)COC.I. The molecule has 1 aliphatic rings. The van der Waals surface area contributed by atoms with Gasteiger partial charge in [0.15, 0.2) is 5.96 Å². The predicted octanol–water partition coefficient (Wildman–Crippen LogP) is 1.25. The second-order valence-electron chi connectivity index (χ2n) is 5.33. The average molecular weight is 412 g/mol. The number of amides is 1. The molecule has 1 rings (SSSR count). The molecule has 1 amide bonds. The van der Waals surface area contributed by atoms with Crippen LogP contribution in [0.15, 0.2) is 4.99 Å². The van der Waals surface area contributed by atoms with Crippen LogP contribution in [0.2, 0.25) is 0 Å². The lowest BCUT2D eigenvalue weighted by atomic mass is 9.95. The lowest BCUT2D eigenvalue weighted by Gasteiger charge is -2.23. The molecule has 1 unspecified atom stereocenters. The van der Waals surface area contributed by atoms with E-state index in [0.717, 1.165) is 12.8 Å². The molecule has 0 bridgehead atoms. The van der Waals surface area contributed by atoms with E-state index < -0.39 is 0 Å². The van der Waals surface area contributed by atoms with Crippen LogP contribution in [0.3, 0.4) is 0 Å². The number of nitrogens with one attached hydrogen (secondary N) is 3. The molecule has 21 heavy (non-hydrogen) atoms. The van der Waals surface area contributed by atoms with Crippen LogP contribution in [0.4, 0.5) is 0 Å². The molecule has 0 spiro atoms. The Morgan fingerprint density at radius 2 is 2.00 bits per heavy atom. The third-order valence-electron chi connectivity index (χ3n) is 3.41. The van der Waals surface area contributed by atoms with Crippen LogP contribution in [-0.4, -0.2) is 51.3 Å². The Morgan fingerprint density at radius 3 is 2.57 bits per heavy atom. The third-order valence-corrected chi connectivity index (χ3v) is 3.41. The standard InChI is InChI=1S/C14H28N4O2.HI/c1-11(10-20-3)17-14(15-2)16-9-13(19)18-12-7-5-4-6-8-12;/h11-12H,4-10H2,1-3H3,(H,18,19)(H2,15,16,17);1H. The number of guanidine groups is 1. The van der Waals surface area contributed by atoms with E-state index in [1.54, 1.807) is 14.2 Å². The summed E-state index contributed by atoms with van der Waals surface area (Å²) in [5, 5.41) is 9.25. The molecule has 7 heteroatoms. The Kier molecular flexibility index (Phi) is 11.7. The minimum absolute atomic E-state index is 0. The summed E-state index contributed by atoms with van der Waals surface area (Å²) in [6.07, 6.45) is 5.93. The van der Waals surface area contributed by atoms with Crippen LogP contribution in [0.1, 0.15) is 39.0 Å². The largest absolute Gasteiger partial charge is 0.383 e. The van der Waals surface area contributed by atoms with Gasteiger partial charge in [-0.15, -0.1) is 24.0 Å². The number of rotatable bonds is 6. The summed E-state index contributed by atoms with van der Waals surface area (Å²) >= 11 is 0. The summed E-state index contributed by atoms with van der Waals surface area (Å²) in [6, 6.07) is 0.494. The van der Waals surface area contributed by atoms with E-state index in [0.29, 0.717) is 18.6 Å². The summed E-state index contributed by atoms with van der Waals surface area (Å²) in [7, 11) is 3.35. The van der Waals surface area contributed by atoms with E-state index in [9.17, 15) is 4.79 Å².